The van der Waals surface area contributed by atoms with Crippen LogP contribution in [0.1, 0.15) is 48.6 Å². The number of hydrogen-bond donors (Lipinski definition) is 2. The van der Waals surface area contributed by atoms with Crippen molar-refractivity contribution < 1.29 is 22.8 Å². The summed E-state index contributed by atoms with van der Waals surface area (Å²) in [5.74, 6) is -0.227. The number of anilines is 1. The van der Waals surface area contributed by atoms with Gasteiger partial charge in [-0.15, -0.1) is 0 Å². The minimum Gasteiger partial charge on any atom is -0.349 e. The van der Waals surface area contributed by atoms with E-state index in [0.29, 0.717) is 31.2 Å². The number of fused-ring (bicyclic) bond motifs is 1. The van der Waals surface area contributed by atoms with Crippen LogP contribution in [0.4, 0.5) is 19.1 Å². The van der Waals surface area contributed by atoms with Gasteiger partial charge in [0.05, 0.1) is 5.56 Å². The van der Waals surface area contributed by atoms with Crippen molar-refractivity contribution in [3.8, 4) is 0 Å². The fourth-order valence-electron chi connectivity index (χ4n) is 3.35. The molecule has 2 N–H and O–H groups in total. The summed E-state index contributed by atoms with van der Waals surface area (Å²) in [4.78, 5) is 32.5. The number of aromatic nitrogens is 2. The minimum absolute atomic E-state index is 0.129. The van der Waals surface area contributed by atoms with Crippen LogP contribution in [-0.4, -0.2) is 27.8 Å². The maximum absolute atomic E-state index is 12.8. The Morgan fingerprint density at radius 3 is 2.84 bits per heavy atom. The van der Waals surface area contributed by atoms with Gasteiger partial charge in [0.25, 0.3) is 0 Å². The van der Waals surface area contributed by atoms with Gasteiger partial charge in [0.2, 0.25) is 17.8 Å². The zero-order valence-corrected chi connectivity index (χ0v) is 17.0. The summed E-state index contributed by atoms with van der Waals surface area (Å²) in [5, 5.41) is 5.54. The monoisotopic (exact) mass is 432 g/mol. The molecule has 0 fully saturated rings. The van der Waals surface area contributed by atoms with Gasteiger partial charge >= 0.3 is 6.18 Å². The molecule has 0 radical (unpaired) electrons. The lowest BCUT2D eigenvalue weighted by atomic mass is 9.93. The number of aryl methyl sites for hydroxylation is 1. The number of hydrogen-bond acceptors (Lipinski definition) is 4. The molecule has 1 aliphatic rings. The van der Waals surface area contributed by atoms with Crippen LogP contribution in [-0.2, 0) is 28.6 Å². The standard InChI is InChI=1S/C22H23F3N4O2/c1-2-4-19(30)29-21-26-13-15-12-17(8-9-18(15)28-21)27-20(31)10-7-14-5-3-6-16(11-14)22(23,24)25/h3,5-7,10-11,13,17H,2,4,8-9,12H2,1H3,(H,27,31)(H,26,28,29,30)/b10-7-. The second-order valence-corrected chi connectivity index (χ2v) is 7.37. The van der Waals surface area contributed by atoms with Gasteiger partial charge in [-0.1, -0.05) is 19.1 Å². The molecule has 0 saturated heterocycles. The fourth-order valence-corrected chi connectivity index (χ4v) is 3.35. The van der Waals surface area contributed by atoms with Gasteiger partial charge in [-0.05, 0) is 55.0 Å². The fraction of sp³-hybridized carbons (Fsp3) is 0.364. The van der Waals surface area contributed by atoms with Gasteiger partial charge in [-0.3, -0.25) is 14.9 Å². The third kappa shape index (κ3) is 6.37. The number of halogens is 3. The maximum atomic E-state index is 12.8. The number of carbonyl (C=O) groups is 2. The van der Waals surface area contributed by atoms with E-state index in [1.807, 2.05) is 6.92 Å². The topological polar surface area (TPSA) is 84.0 Å². The van der Waals surface area contributed by atoms with Crippen molar-refractivity contribution in [2.45, 2.75) is 51.2 Å². The summed E-state index contributed by atoms with van der Waals surface area (Å²) < 4.78 is 38.4. The molecule has 1 aliphatic carbocycles. The van der Waals surface area contributed by atoms with Gasteiger partial charge in [-0.2, -0.15) is 13.2 Å². The van der Waals surface area contributed by atoms with Crippen LogP contribution in [0.15, 0.2) is 36.5 Å². The molecule has 1 heterocycles. The lowest BCUT2D eigenvalue weighted by Crippen LogP contribution is -2.38. The highest BCUT2D eigenvalue weighted by atomic mass is 19.4. The number of amides is 2. The van der Waals surface area contributed by atoms with Crippen molar-refractivity contribution in [2.75, 3.05) is 5.32 Å². The Morgan fingerprint density at radius 1 is 1.29 bits per heavy atom. The maximum Gasteiger partial charge on any atom is 0.416 e. The largest absolute Gasteiger partial charge is 0.416 e. The van der Waals surface area contributed by atoms with Crippen molar-refractivity contribution in [2.24, 2.45) is 0 Å². The zero-order valence-electron chi connectivity index (χ0n) is 17.0. The van der Waals surface area contributed by atoms with Crippen molar-refractivity contribution in [3.05, 3.63) is 58.9 Å². The molecule has 2 amide bonds. The average molecular weight is 432 g/mol. The van der Waals surface area contributed by atoms with Crippen LogP contribution < -0.4 is 10.6 Å². The van der Waals surface area contributed by atoms with Crippen LogP contribution in [0.25, 0.3) is 6.08 Å². The molecule has 3 rings (SSSR count). The summed E-state index contributed by atoms with van der Waals surface area (Å²) in [6, 6.07) is 4.66. The lowest BCUT2D eigenvalue weighted by molar-refractivity contribution is -0.137. The Kier molecular flexibility index (Phi) is 7.04. The van der Waals surface area contributed by atoms with Gasteiger partial charge in [0.15, 0.2) is 0 Å². The molecule has 0 aliphatic heterocycles. The quantitative estimate of drug-likeness (QED) is 0.678. The Morgan fingerprint density at radius 2 is 2.10 bits per heavy atom. The van der Waals surface area contributed by atoms with Gasteiger partial charge in [-0.25, -0.2) is 9.97 Å². The average Bonchev–Trinajstić information content (AvgIpc) is 2.72. The van der Waals surface area contributed by atoms with Gasteiger partial charge in [0, 0.05) is 30.4 Å². The van der Waals surface area contributed by atoms with E-state index in [1.165, 1.54) is 24.3 Å². The molecule has 6 nitrogen and oxygen atoms in total. The molecule has 0 bridgehead atoms. The van der Waals surface area contributed by atoms with Crippen LogP contribution >= 0.6 is 0 Å². The number of alkyl halides is 3. The Bertz CT molecular complexity index is 989. The summed E-state index contributed by atoms with van der Waals surface area (Å²) in [7, 11) is 0. The van der Waals surface area contributed by atoms with E-state index in [1.54, 1.807) is 6.20 Å². The van der Waals surface area contributed by atoms with Gasteiger partial charge in [0.1, 0.15) is 0 Å². The van der Waals surface area contributed by atoms with E-state index in [4.69, 9.17) is 0 Å². The smallest absolute Gasteiger partial charge is 0.349 e. The third-order valence-corrected chi connectivity index (χ3v) is 4.87. The molecular formula is C22H23F3N4O2. The first-order valence-electron chi connectivity index (χ1n) is 10.0. The van der Waals surface area contributed by atoms with Crippen molar-refractivity contribution in [3.63, 3.8) is 0 Å². The SMILES string of the molecule is CCCC(=O)Nc1ncc2c(n1)CCC(NC(=O)/C=C\c1cccc(C(F)(F)F)c1)C2. The highest BCUT2D eigenvalue weighted by molar-refractivity contribution is 5.92. The minimum atomic E-state index is -4.43. The first-order valence-corrected chi connectivity index (χ1v) is 10.0. The zero-order chi connectivity index (χ0) is 22.4. The van der Waals surface area contributed by atoms with Crippen LogP contribution in [0.5, 0.6) is 0 Å². The van der Waals surface area contributed by atoms with E-state index in [9.17, 15) is 22.8 Å². The molecule has 1 aromatic carbocycles. The van der Waals surface area contributed by atoms with E-state index in [0.717, 1.165) is 29.8 Å². The third-order valence-electron chi connectivity index (χ3n) is 4.87. The number of carbonyl (C=O) groups excluding carboxylic acids is 2. The summed E-state index contributed by atoms with van der Waals surface area (Å²) >= 11 is 0. The summed E-state index contributed by atoms with van der Waals surface area (Å²) in [5.41, 5.74) is 1.27. The Labute approximate surface area is 178 Å². The summed E-state index contributed by atoms with van der Waals surface area (Å²) in [6.07, 6.45) is 2.78. The van der Waals surface area contributed by atoms with Crippen molar-refractivity contribution >= 4 is 23.8 Å². The highest BCUT2D eigenvalue weighted by Gasteiger charge is 2.30. The van der Waals surface area contributed by atoms with Crippen molar-refractivity contribution in [1.29, 1.82) is 0 Å². The lowest BCUT2D eigenvalue weighted by Gasteiger charge is -2.24. The molecule has 0 saturated carbocycles. The molecule has 9 heteroatoms. The molecule has 1 unspecified atom stereocenters. The van der Waals surface area contributed by atoms with E-state index < -0.39 is 11.7 Å². The molecule has 31 heavy (non-hydrogen) atoms. The first-order chi connectivity index (χ1) is 14.7. The summed E-state index contributed by atoms with van der Waals surface area (Å²) in [6.45, 7) is 1.91. The number of benzene rings is 1. The highest BCUT2D eigenvalue weighted by Crippen LogP contribution is 2.29. The van der Waals surface area contributed by atoms with Crippen LogP contribution in [0.3, 0.4) is 0 Å². The van der Waals surface area contributed by atoms with Crippen LogP contribution in [0.2, 0.25) is 0 Å². The first kappa shape index (κ1) is 22.5. The molecule has 1 aromatic heterocycles. The Hall–Kier alpha value is -3.23. The van der Waals surface area contributed by atoms with Crippen LogP contribution in [0, 0.1) is 0 Å². The van der Waals surface area contributed by atoms with Gasteiger partial charge < -0.3 is 5.32 Å². The molecular weight excluding hydrogens is 409 g/mol. The number of nitrogens with zero attached hydrogens (tertiary/aromatic N) is 2. The van der Waals surface area contributed by atoms with Crippen molar-refractivity contribution in [1.82, 2.24) is 15.3 Å². The second kappa shape index (κ2) is 9.72. The Balaban J connectivity index is 1.57. The van der Waals surface area contributed by atoms with E-state index in [2.05, 4.69) is 20.6 Å². The normalized spacial score (nSPS) is 16.1. The molecule has 2 aromatic rings. The van der Waals surface area contributed by atoms with E-state index in [-0.39, 0.29) is 23.8 Å². The molecule has 1 atom stereocenters. The van der Waals surface area contributed by atoms with E-state index >= 15 is 0 Å². The predicted molar refractivity (Wildman–Crippen MR) is 110 cm³/mol. The second-order valence-electron chi connectivity index (χ2n) is 7.37. The number of rotatable bonds is 6. The molecule has 0 spiro atoms. The molecule has 164 valence electrons. The predicted octanol–water partition coefficient (Wildman–Crippen LogP) is 3.92. The number of nitrogens with one attached hydrogen (secondary N) is 2.